The third-order valence-electron chi connectivity index (χ3n) is 4.32. The van der Waals surface area contributed by atoms with Gasteiger partial charge in [0.1, 0.15) is 0 Å². The van der Waals surface area contributed by atoms with E-state index in [1.807, 2.05) is 24.3 Å². The van der Waals surface area contributed by atoms with Gasteiger partial charge in [-0.05, 0) is 13.0 Å². The van der Waals surface area contributed by atoms with E-state index in [9.17, 15) is 0 Å². The predicted molar refractivity (Wildman–Crippen MR) is 107 cm³/mol. The summed E-state index contributed by atoms with van der Waals surface area (Å²) in [6.07, 6.45) is 1.80. The van der Waals surface area contributed by atoms with E-state index in [4.69, 9.17) is 14.7 Å². The second-order valence-electron chi connectivity index (χ2n) is 6.11. The summed E-state index contributed by atoms with van der Waals surface area (Å²) in [4.78, 5) is 13.4. The van der Waals surface area contributed by atoms with Gasteiger partial charge in [0, 0.05) is 36.1 Å². The van der Waals surface area contributed by atoms with Crippen molar-refractivity contribution in [2.75, 3.05) is 38.3 Å². The van der Waals surface area contributed by atoms with Crippen LogP contribution in [0.2, 0.25) is 0 Å². The molecule has 4 rings (SSSR count). The van der Waals surface area contributed by atoms with Gasteiger partial charge in [0.25, 0.3) is 0 Å². The number of aromatic nitrogens is 2. The first-order valence-electron chi connectivity index (χ1n) is 8.66. The molecule has 134 valence electrons. The molecule has 3 aromatic rings. The van der Waals surface area contributed by atoms with Crippen molar-refractivity contribution in [3.8, 4) is 11.4 Å². The highest BCUT2D eigenvalue weighted by Gasteiger charge is 2.20. The SMILES string of the molecule is CN/N=C\c1ccccc1-c1nc(N2CCOCC2)c2sc(C)cc2n1. The smallest absolute Gasteiger partial charge is 0.162 e. The van der Waals surface area contributed by atoms with E-state index in [-0.39, 0.29) is 0 Å². The Kier molecular flexibility index (Phi) is 4.81. The van der Waals surface area contributed by atoms with Gasteiger partial charge in [-0.25, -0.2) is 9.97 Å². The van der Waals surface area contributed by atoms with Crippen LogP contribution in [0.15, 0.2) is 35.4 Å². The fourth-order valence-electron chi connectivity index (χ4n) is 3.09. The summed E-state index contributed by atoms with van der Waals surface area (Å²) in [6, 6.07) is 10.2. The number of rotatable bonds is 4. The van der Waals surface area contributed by atoms with Crippen molar-refractivity contribution in [2.24, 2.45) is 5.10 Å². The molecule has 1 saturated heterocycles. The van der Waals surface area contributed by atoms with Crippen molar-refractivity contribution >= 4 is 33.6 Å². The van der Waals surface area contributed by atoms with Crippen LogP contribution in [0.4, 0.5) is 5.82 Å². The maximum atomic E-state index is 5.51. The van der Waals surface area contributed by atoms with Gasteiger partial charge in [-0.3, -0.25) is 0 Å². The van der Waals surface area contributed by atoms with E-state index in [2.05, 4.69) is 28.4 Å². The zero-order valence-electron chi connectivity index (χ0n) is 14.9. The normalized spacial score (nSPS) is 15.1. The average Bonchev–Trinajstić information content (AvgIpc) is 3.06. The molecule has 0 radical (unpaired) electrons. The largest absolute Gasteiger partial charge is 0.378 e. The summed E-state index contributed by atoms with van der Waals surface area (Å²) in [5.41, 5.74) is 5.76. The summed E-state index contributed by atoms with van der Waals surface area (Å²) in [5.74, 6) is 1.74. The van der Waals surface area contributed by atoms with Crippen molar-refractivity contribution in [3.05, 3.63) is 40.8 Å². The fourth-order valence-corrected chi connectivity index (χ4v) is 4.06. The van der Waals surface area contributed by atoms with E-state index in [1.165, 1.54) is 4.88 Å². The van der Waals surface area contributed by atoms with Gasteiger partial charge in [-0.2, -0.15) is 5.10 Å². The van der Waals surface area contributed by atoms with Crippen LogP contribution in [0, 0.1) is 6.92 Å². The zero-order chi connectivity index (χ0) is 17.9. The Morgan fingerprint density at radius 1 is 1.23 bits per heavy atom. The number of ether oxygens (including phenoxy) is 1. The Hall–Kier alpha value is -2.51. The third kappa shape index (κ3) is 3.27. The number of aryl methyl sites for hydroxylation is 1. The molecule has 2 aromatic heterocycles. The molecular formula is C19H21N5OS. The lowest BCUT2D eigenvalue weighted by Crippen LogP contribution is -2.36. The molecule has 3 heterocycles. The molecule has 6 nitrogen and oxygen atoms in total. The number of thiophene rings is 1. The van der Waals surface area contributed by atoms with Crippen LogP contribution < -0.4 is 10.3 Å². The van der Waals surface area contributed by atoms with E-state index in [0.29, 0.717) is 0 Å². The van der Waals surface area contributed by atoms with E-state index in [0.717, 1.165) is 59.3 Å². The average molecular weight is 367 g/mol. The van der Waals surface area contributed by atoms with Crippen LogP contribution in [0.3, 0.4) is 0 Å². The molecule has 1 N–H and O–H groups in total. The number of hydrogen-bond donors (Lipinski definition) is 1. The molecule has 1 aliphatic rings. The molecule has 26 heavy (non-hydrogen) atoms. The van der Waals surface area contributed by atoms with E-state index in [1.54, 1.807) is 24.6 Å². The molecule has 0 amide bonds. The molecule has 0 saturated carbocycles. The van der Waals surface area contributed by atoms with E-state index >= 15 is 0 Å². The first-order chi connectivity index (χ1) is 12.8. The molecule has 1 aromatic carbocycles. The maximum absolute atomic E-state index is 5.51. The number of nitrogens with one attached hydrogen (secondary N) is 1. The first-order valence-corrected chi connectivity index (χ1v) is 9.48. The number of anilines is 1. The van der Waals surface area contributed by atoms with Crippen LogP contribution in [0.1, 0.15) is 10.4 Å². The number of fused-ring (bicyclic) bond motifs is 1. The molecule has 0 aliphatic carbocycles. The van der Waals surface area contributed by atoms with Gasteiger partial charge < -0.3 is 15.1 Å². The molecule has 0 bridgehead atoms. The summed E-state index contributed by atoms with van der Waals surface area (Å²) in [6.45, 7) is 5.28. The van der Waals surface area contributed by atoms with E-state index < -0.39 is 0 Å². The van der Waals surface area contributed by atoms with Gasteiger partial charge in [-0.1, -0.05) is 24.3 Å². The van der Waals surface area contributed by atoms with Crippen LogP contribution in [-0.4, -0.2) is 49.5 Å². The zero-order valence-corrected chi connectivity index (χ0v) is 15.7. The van der Waals surface area contributed by atoms with Crippen molar-refractivity contribution in [2.45, 2.75) is 6.92 Å². The minimum Gasteiger partial charge on any atom is -0.378 e. The summed E-state index contributed by atoms with van der Waals surface area (Å²) < 4.78 is 6.66. The Morgan fingerprint density at radius 3 is 2.85 bits per heavy atom. The highest BCUT2D eigenvalue weighted by atomic mass is 32.1. The molecule has 1 fully saturated rings. The molecule has 0 unspecified atom stereocenters. The topological polar surface area (TPSA) is 62.6 Å². The highest BCUT2D eigenvalue weighted by molar-refractivity contribution is 7.19. The van der Waals surface area contributed by atoms with Crippen LogP contribution in [0.25, 0.3) is 21.6 Å². The molecule has 0 spiro atoms. The number of hydrazone groups is 1. The summed E-state index contributed by atoms with van der Waals surface area (Å²) in [5, 5.41) is 4.15. The monoisotopic (exact) mass is 367 g/mol. The molecule has 7 heteroatoms. The van der Waals surface area contributed by atoms with Gasteiger partial charge in [0.05, 0.1) is 29.6 Å². The number of hydrogen-bond acceptors (Lipinski definition) is 7. The molecule has 0 atom stereocenters. The Morgan fingerprint density at radius 2 is 2.04 bits per heavy atom. The molecule has 1 aliphatic heterocycles. The Balaban J connectivity index is 1.87. The summed E-state index contributed by atoms with van der Waals surface area (Å²) in [7, 11) is 1.78. The Labute approximate surface area is 156 Å². The summed E-state index contributed by atoms with van der Waals surface area (Å²) >= 11 is 1.75. The second-order valence-corrected chi connectivity index (χ2v) is 7.37. The van der Waals surface area contributed by atoms with Crippen molar-refractivity contribution in [1.29, 1.82) is 0 Å². The van der Waals surface area contributed by atoms with Crippen LogP contribution in [-0.2, 0) is 4.74 Å². The number of morpholine rings is 1. The minimum absolute atomic E-state index is 0.731. The number of nitrogens with zero attached hydrogens (tertiary/aromatic N) is 4. The van der Waals surface area contributed by atoms with Crippen LogP contribution in [0.5, 0.6) is 0 Å². The lowest BCUT2D eigenvalue weighted by atomic mass is 10.1. The van der Waals surface area contributed by atoms with Gasteiger partial charge in [0.15, 0.2) is 11.6 Å². The predicted octanol–water partition coefficient (Wildman–Crippen LogP) is 3.06. The van der Waals surface area contributed by atoms with Crippen molar-refractivity contribution in [1.82, 2.24) is 15.4 Å². The third-order valence-corrected chi connectivity index (χ3v) is 5.36. The lowest BCUT2D eigenvalue weighted by molar-refractivity contribution is 0.122. The fraction of sp³-hybridized carbons (Fsp3) is 0.316. The minimum atomic E-state index is 0.731. The van der Waals surface area contributed by atoms with Gasteiger partial charge in [0.2, 0.25) is 0 Å². The van der Waals surface area contributed by atoms with Crippen LogP contribution >= 0.6 is 11.3 Å². The molecular weight excluding hydrogens is 346 g/mol. The maximum Gasteiger partial charge on any atom is 0.162 e. The lowest BCUT2D eigenvalue weighted by Gasteiger charge is -2.28. The second kappa shape index (κ2) is 7.39. The number of benzene rings is 1. The van der Waals surface area contributed by atoms with Crippen molar-refractivity contribution < 1.29 is 4.74 Å². The standard InChI is InChI=1S/C19H21N5OS/c1-13-11-16-17(26-13)19(24-7-9-25-10-8-24)23-18(22-16)15-6-4-3-5-14(15)12-21-20-2/h3-6,11-12,20H,7-10H2,1-2H3/b21-12-. The van der Waals surface area contributed by atoms with Gasteiger partial charge >= 0.3 is 0 Å². The first kappa shape index (κ1) is 16.9. The quantitative estimate of drug-likeness (QED) is 0.567. The highest BCUT2D eigenvalue weighted by Crippen LogP contribution is 2.34. The van der Waals surface area contributed by atoms with Gasteiger partial charge in [-0.15, -0.1) is 11.3 Å². The Bertz CT molecular complexity index is 946. The van der Waals surface area contributed by atoms with Crippen molar-refractivity contribution in [3.63, 3.8) is 0 Å².